The number of pyridine rings is 1. The molecule has 19 heteroatoms. The Bertz CT molecular complexity index is 3310. The maximum absolute atomic E-state index is 15.5. The van der Waals surface area contributed by atoms with Crippen LogP contribution in [0.15, 0.2) is 84.9 Å². The van der Waals surface area contributed by atoms with Crippen LogP contribution in [0.3, 0.4) is 0 Å². The first-order valence-corrected chi connectivity index (χ1v) is 26.2. The first-order valence-electron chi connectivity index (χ1n) is 25.4. The van der Waals surface area contributed by atoms with Crippen molar-refractivity contribution in [1.29, 1.82) is 0 Å². The number of ether oxygens (including phenoxy) is 1. The molecule has 4 aliphatic heterocycles. The predicted octanol–water partition coefficient (Wildman–Crippen LogP) is 7.79. The Morgan fingerprint density at radius 1 is 0.800 bits per heavy atom. The Kier molecular flexibility index (Phi) is 13.3. The van der Waals surface area contributed by atoms with Gasteiger partial charge in [0.15, 0.2) is 10.8 Å². The summed E-state index contributed by atoms with van der Waals surface area (Å²) in [6.07, 6.45) is 5.06. The third-order valence-corrected chi connectivity index (χ3v) is 16.3. The third kappa shape index (κ3) is 9.67. The molecule has 6 aromatic rings. The number of aromatic carboxylic acids is 1. The molecule has 11 rings (SSSR count). The highest BCUT2D eigenvalue weighted by Crippen LogP contribution is 2.38. The lowest BCUT2D eigenvalue weighted by Gasteiger charge is -2.36. The van der Waals surface area contributed by atoms with Crippen molar-refractivity contribution in [2.75, 3.05) is 47.8 Å². The lowest BCUT2D eigenvalue weighted by Crippen LogP contribution is -2.54. The van der Waals surface area contributed by atoms with Gasteiger partial charge in [0.1, 0.15) is 23.4 Å². The first-order chi connectivity index (χ1) is 36.3. The third-order valence-electron chi connectivity index (χ3n) is 15.3. The number of fused-ring (bicyclic) bond motifs is 3. The van der Waals surface area contributed by atoms with E-state index in [9.17, 15) is 38.7 Å². The molecule has 1 saturated carbocycles. The molecule has 1 unspecified atom stereocenters. The highest BCUT2D eigenvalue weighted by molar-refractivity contribution is 7.22. The number of nitrogens with zero attached hydrogens (tertiary/aromatic N) is 6. The Morgan fingerprint density at radius 3 is 2.32 bits per heavy atom. The number of imide groups is 2. The number of rotatable bonds is 12. The molecule has 2 saturated heterocycles. The van der Waals surface area contributed by atoms with Gasteiger partial charge in [0.25, 0.3) is 17.7 Å². The van der Waals surface area contributed by atoms with Crippen LogP contribution < -0.4 is 25.2 Å². The highest BCUT2D eigenvalue weighted by atomic mass is 32.1. The first kappa shape index (κ1) is 49.2. The monoisotopic (exact) mass is 1030 g/mol. The van der Waals surface area contributed by atoms with Crippen molar-refractivity contribution >= 4 is 79.6 Å². The van der Waals surface area contributed by atoms with Crippen LogP contribution >= 0.6 is 11.3 Å². The van der Waals surface area contributed by atoms with E-state index in [-0.39, 0.29) is 53.3 Å². The van der Waals surface area contributed by atoms with Crippen LogP contribution in [0, 0.1) is 18.7 Å². The summed E-state index contributed by atoms with van der Waals surface area (Å²) >= 11 is 1.41. The topological polar surface area (TPSA) is 212 Å². The maximum Gasteiger partial charge on any atom is 0.355 e. The van der Waals surface area contributed by atoms with E-state index >= 15 is 4.39 Å². The van der Waals surface area contributed by atoms with Crippen LogP contribution in [-0.2, 0) is 27.3 Å². The number of carboxylic acids is 1. The molecule has 5 aliphatic rings. The number of piperazine rings is 1. The molecule has 4 aromatic carbocycles. The lowest BCUT2D eigenvalue weighted by atomic mass is 9.84. The molecule has 0 spiro atoms. The number of hydrogen-bond donors (Lipinski definition) is 3. The predicted molar refractivity (Wildman–Crippen MR) is 278 cm³/mol. The quantitative estimate of drug-likeness (QED) is 0.100. The van der Waals surface area contributed by atoms with Crippen molar-refractivity contribution in [3.63, 3.8) is 0 Å². The standard InChI is InChI=1S/C56H53FN8O9S/c1-31-35(36-17-19-47(59-50(36)55(72)73)64-23-22-33-6-4-8-37(40(33)30-64)51(68)61-56-58-42-9-2-3-11-46(42)75-56)7-5-10-45(31)74-34-15-12-32(13-16-34)14-21-49(67)63-26-24-62(25-27-63)44-29-39-38(28-41(44)57)53(70)65(54(39)71)43-18-20-48(66)60-52(43)69/h2-11,17,19,28-29,32,34,43H,12-16,18,20-27,30H2,1H3,(H,72,73)(H,58,61,68)(H,60,66,69)/t32-,34-,43?. The fourth-order valence-electron chi connectivity index (χ4n) is 11.2. The number of carboxylic acid groups (broad SMARTS) is 1. The number of amides is 6. The summed E-state index contributed by atoms with van der Waals surface area (Å²) in [6, 6.07) is 23.9. The van der Waals surface area contributed by atoms with Gasteiger partial charge in [0.05, 0.1) is 33.1 Å². The van der Waals surface area contributed by atoms with Gasteiger partial charge in [0.2, 0.25) is 17.7 Å². The summed E-state index contributed by atoms with van der Waals surface area (Å²) in [7, 11) is 0. The molecule has 3 fully saturated rings. The van der Waals surface area contributed by atoms with Crippen molar-refractivity contribution in [2.24, 2.45) is 5.92 Å². The van der Waals surface area contributed by atoms with E-state index in [0.29, 0.717) is 91.4 Å². The average Bonchev–Trinajstić information content (AvgIpc) is 3.94. The van der Waals surface area contributed by atoms with E-state index in [2.05, 4.69) is 15.6 Å². The van der Waals surface area contributed by atoms with E-state index in [1.807, 2.05) is 72.5 Å². The number of thiazole rings is 1. The summed E-state index contributed by atoms with van der Waals surface area (Å²) in [5.41, 5.74) is 5.19. The molecule has 3 N–H and O–H groups in total. The molecule has 6 heterocycles. The van der Waals surface area contributed by atoms with Crippen molar-refractivity contribution < 1.29 is 47.8 Å². The van der Waals surface area contributed by atoms with Gasteiger partial charge in [-0.05, 0) is 129 Å². The average molecular weight is 1030 g/mol. The second kappa shape index (κ2) is 20.3. The van der Waals surface area contributed by atoms with Gasteiger partial charge in [-0.25, -0.2) is 19.2 Å². The van der Waals surface area contributed by atoms with Crippen molar-refractivity contribution in [3.8, 4) is 16.9 Å². The zero-order chi connectivity index (χ0) is 52.1. The number of aromatic nitrogens is 2. The van der Waals surface area contributed by atoms with Crippen LogP contribution in [0.2, 0.25) is 0 Å². The molecule has 75 heavy (non-hydrogen) atoms. The molecule has 1 aliphatic carbocycles. The van der Waals surface area contributed by atoms with Crippen LogP contribution in [0.4, 0.5) is 21.0 Å². The second-order valence-corrected chi connectivity index (χ2v) is 20.8. The normalized spacial score (nSPS) is 19.7. The minimum absolute atomic E-state index is 0.000292. The van der Waals surface area contributed by atoms with Gasteiger partial charge in [0, 0.05) is 63.2 Å². The zero-order valence-electron chi connectivity index (χ0n) is 41.1. The summed E-state index contributed by atoms with van der Waals surface area (Å²) < 4.78 is 23.1. The Labute approximate surface area is 434 Å². The smallest absolute Gasteiger partial charge is 0.355 e. The second-order valence-electron chi connectivity index (χ2n) is 19.8. The van der Waals surface area contributed by atoms with E-state index in [1.165, 1.54) is 17.4 Å². The summed E-state index contributed by atoms with van der Waals surface area (Å²) in [6.45, 7) is 4.27. The molecule has 17 nitrogen and oxygen atoms in total. The number of halogens is 1. The Balaban J connectivity index is 0.671. The highest BCUT2D eigenvalue weighted by Gasteiger charge is 2.45. The Hall–Kier alpha value is -8.06. The number of nitrogens with one attached hydrogen (secondary N) is 2. The van der Waals surface area contributed by atoms with E-state index in [4.69, 9.17) is 9.72 Å². The molecule has 6 amide bonds. The van der Waals surface area contributed by atoms with Crippen molar-refractivity contribution in [1.82, 2.24) is 25.1 Å². The summed E-state index contributed by atoms with van der Waals surface area (Å²) in [4.78, 5) is 106. The molecule has 384 valence electrons. The van der Waals surface area contributed by atoms with E-state index in [0.717, 1.165) is 70.0 Å². The molecule has 0 radical (unpaired) electrons. The number of carbonyl (C=O) groups excluding carboxylic acids is 6. The van der Waals surface area contributed by atoms with Crippen LogP contribution in [0.25, 0.3) is 21.3 Å². The van der Waals surface area contributed by atoms with Gasteiger partial charge >= 0.3 is 5.97 Å². The SMILES string of the molecule is Cc1c(O[C@H]2CC[C@H](CCC(=O)N3CCN(c4cc5c(cc4F)C(=O)N(C4CCC(=O)NC4=O)C5=O)CC3)CC2)cccc1-c1ccc(N2CCc3cccc(C(=O)Nc4nc5ccccc5s4)c3C2)nc1C(=O)O. The van der Waals surface area contributed by atoms with Gasteiger partial charge in [-0.1, -0.05) is 47.7 Å². The fraction of sp³-hybridized carbons (Fsp3) is 0.339. The number of para-hydroxylation sites is 1. The lowest BCUT2D eigenvalue weighted by molar-refractivity contribution is -0.136. The molecule has 2 aromatic heterocycles. The maximum atomic E-state index is 15.5. The van der Waals surface area contributed by atoms with Crippen molar-refractivity contribution in [3.05, 3.63) is 130 Å². The molecular formula is C56H53FN8O9S. The summed E-state index contributed by atoms with van der Waals surface area (Å²) in [5, 5.41) is 16.2. The number of piperidine rings is 1. The largest absolute Gasteiger partial charge is 0.490 e. The van der Waals surface area contributed by atoms with Gasteiger partial charge in [-0.15, -0.1) is 0 Å². The Morgan fingerprint density at radius 2 is 1.56 bits per heavy atom. The number of hydrogen-bond acceptors (Lipinski definition) is 13. The molecular weight excluding hydrogens is 980 g/mol. The molecule has 0 bridgehead atoms. The molecule has 1 atom stereocenters. The number of anilines is 3. The number of benzene rings is 4. The van der Waals surface area contributed by atoms with Crippen LogP contribution in [0.1, 0.15) is 110 Å². The fourth-order valence-corrected chi connectivity index (χ4v) is 12.1. The minimum atomic E-state index is -1.16. The zero-order valence-corrected chi connectivity index (χ0v) is 41.9. The van der Waals surface area contributed by atoms with Crippen LogP contribution in [-0.4, -0.2) is 111 Å². The van der Waals surface area contributed by atoms with Crippen molar-refractivity contribution in [2.45, 2.75) is 83.4 Å². The van der Waals surface area contributed by atoms with E-state index in [1.54, 1.807) is 21.9 Å². The van der Waals surface area contributed by atoms with Gasteiger partial charge in [-0.3, -0.25) is 44.3 Å². The van der Waals surface area contributed by atoms with Crippen LogP contribution in [0.5, 0.6) is 5.75 Å². The number of carbonyl (C=O) groups is 7. The summed E-state index contributed by atoms with van der Waals surface area (Å²) in [5.74, 6) is -3.26. The van der Waals surface area contributed by atoms with Gasteiger partial charge in [-0.2, -0.15) is 0 Å². The minimum Gasteiger partial charge on any atom is -0.490 e. The van der Waals surface area contributed by atoms with Gasteiger partial charge < -0.3 is 24.5 Å². The van der Waals surface area contributed by atoms with E-state index < -0.39 is 41.5 Å².